The third-order valence-corrected chi connectivity index (χ3v) is 4.00. The number of likely N-dealkylation sites (N-methyl/N-ethyl adjacent to an activating group) is 1. The molecular formula is C16H17FN4O2. The van der Waals surface area contributed by atoms with E-state index in [2.05, 4.69) is 10.4 Å². The first-order valence-electron chi connectivity index (χ1n) is 7.43. The third-order valence-electron chi connectivity index (χ3n) is 4.00. The normalized spacial score (nSPS) is 18.1. The Kier molecular flexibility index (Phi) is 4.10. The molecule has 3 rings (SSSR count). The number of hydrogen-bond acceptors (Lipinski definition) is 3. The molecule has 7 heteroatoms. The van der Waals surface area contributed by atoms with Crippen molar-refractivity contribution < 1.29 is 14.0 Å². The van der Waals surface area contributed by atoms with Crippen LogP contribution < -0.4 is 5.32 Å². The highest BCUT2D eigenvalue weighted by Crippen LogP contribution is 2.20. The Labute approximate surface area is 132 Å². The molecule has 120 valence electrons. The van der Waals surface area contributed by atoms with E-state index < -0.39 is 6.04 Å². The van der Waals surface area contributed by atoms with Crippen LogP contribution in [-0.4, -0.2) is 39.6 Å². The molecule has 6 nitrogen and oxygen atoms in total. The number of likely N-dealkylation sites (tertiary alicyclic amines) is 1. The first-order chi connectivity index (χ1) is 11.1. The first kappa shape index (κ1) is 15.2. The number of anilines is 1. The molecule has 1 aromatic heterocycles. The number of carbonyl (C=O) groups is 2. The highest BCUT2D eigenvalue weighted by atomic mass is 19.1. The molecule has 2 heterocycles. The van der Waals surface area contributed by atoms with E-state index in [-0.39, 0.29) is 17.6 Å². The van der Waals surface area contributed by atoms with E-state index in [0.29, 0.717) is 30.8 Å². The van der Waals surface area contributed by atoms with Gasteiger partial charge in [-0.15, -0.1) is 0 Å². The van der Waals surface area contributed by atoms with E-state index in [1.807, 2.05) is 0 Å². The standard InChI is InChI=1S/C16H17FN4O2/c1-20-13(3-2-4-15(20)22)16(23)19-14-9-10-18-21(14)12-7-5-11(17)6-8-12/h5-10,13H,2-4H2,1H3,(H,19,23). The van der Waals surface area contributed by atoms with Gasteiger partial charge in [-0.1, -0.05) is 0 Å². The van der Waals surface area contributed by atoms with Gasteiger partial charge in [-0.25, -0.2) is 9.07 Å². The highest BCUT2D eigenvalue weighted by Gasteiger charge is 2.30. The summed E-state index contributed by atoms with van der Waals surface area (Å²) in [6.07, 6.45) is 3.37. The minimum Gasteiger partial charge on any atom is -0.334 e. The molecule has 1 atom stereocenters. The lowest BCUT2D eigenvalue weighted by atomic mass is 10.0. The summed E-state index contributed by atoms with van der Waals surface area (Å²) in [6, 6.07) is 6.99. The van der Waals surface area contributed by atoms with Gasteiger partial charge in [0.2, 0.25) is 11.8 Å². The van der Waals surface area contributed by atoms with Crippen molar-refractivity contribution in [1.29, 1.82) is 0 Å². The van der Waals surface area contributed by atoms with Gasteiger partial charge in [-0.05, 0) is 37.1 Å². The summed E-state index contributed by atoms with van der Waals surface area (Å²) in [5.41, 5.74) is 0.639. The van der Waals surface area contributed by atoms with Crippen LogP contribution in [0.5, 0.6) is 0 Å². The van der Waals surface area contributed by atoms with Crippen LogP contribution >= 0.6 is 0 Å². The van der Waals surface area contributed by atoms with E-state index in [9.17, 15) is 14.0 Å². The zero-order valence-corrected chi connectivity index (χ0v) is 12.7. The molecule has 1 aliphatic heterocycles. The average molecular weight is 316 g/mol. The number of hydrogen-bond donors (Lipinski definition) is 1. The van der Waals surface area contributed by atoms with Crippen molar-refractivity contribution in [3.05, 3.63) is 42.3 Å². The van der Waals surface area contributed by atoms with Crippen LogP contribution in [0.4, 0.5) is 10.2 Å². The van der Waals surface area contributed by atoms with Crippen molar-refractivity contribution in [2.75, 3.05) is 12.4 Å². The SMILES string of the molecule is CN1C(=O)CCCC1C(=O)Nc1ccnn1-c1ccc(F)cc1. The Morgan fingerprint density at radius 2 is 2.04 bits per heavy atom. The van der Waals surface area contributed by atoms with Crippen molar-refractivity contribution in [1.82, 2.24) is 14.7 Å². The lowest BCUT2D eigenvalue weighted by molar-refractivity contribution is -0.140. The van der Waals surface area contributed by atoms with E-state index in [0.717, 1.165) is 0 Å². The van der Waals surface area contributed by atoms with Crippen molar-refractivity contribution in [3.63, 3.8) is 0 Å². The van der Waals surface area contributed by atoms with Crippen LogP contribution in [0.2, 0.25) is 0 Å². The largest absolute Gasteiger partial charge is 0.334 e. The number of nitrogens with one attached hydrogen (secondary N) is 1. The monoisotopic (exact) mass is 316 g/mol. The number of rotatable bonds is 3. The van der Waals surface area contributed by atoms with E-state index in [1.165, 1.54) is 21.7 Å². The number of piperidine rings is 1. The maximum atomic E-state index is 13.0. The quantitative estimate of drug-likeness (QED) is 0.941. The van der Waals surface area contributed by atoms with Crippen molar-refractivity contribution in [2.24, 2.45) is 0 Å². The van der Waals surface area contributed by atoms with Crippen LogP contribution in [0, 0.1) is 5.82 Å². The molecule has 0 saturated carbocycles. The van der Waals surface area contributed by atoms with Crippen LogP contribution in [-0.2, 0) is 9.59 Å². The van der Waals surface area contributed by atoms with Gasteiger partial charge in [0.05, 0.1) is 11.9 Å². The lowest BCUT2D eigenvalue weighted by Gasteiger charge is -2.31. The fourth-order valence-electron chi connectivity index (χ4n) is 2.69. The molecule has 1 unspecified atom stereocenters. The Morgan fingerprint density at radius 1 is 1.30 bits per heavy atom. The Bertz CT molecular complexity index is 726. The smallest absolute Gasteiger partial charge is 0.248 e. The third kappa shape index (κ3) is 3.08. The van der Waals surface area contributed by atoms with Gasteiger partial charge in [0, 0.05) is 19.5 Å². The fourth-order valence-corrected chi connectivity index (χ4v) is 2.69. The van der Waals surface area contributed by atoms with Gasteiger partial charge < -0.3 is 10.2 Å². The predicted molar refractivity (Wildman–Crippen MR) is 82.6 cm³/mol. The van der Waals surface area contributed by atoms with Gasteiger partial charge in [0.25, 0.3) is 0 Å². The van der Waals surface area contributed by atoms with Crippen LogP contribution in [0.1, 0.15) is 19.3 Å². The molecule has 1 N–H and O–H groups in total. The fraction of sp³-hybridized carbons (Fsp3) is 0.312. The lowest BCUT2D eigenvalue weighted by Crippen LogP contribution is -2.47. The van der Waals surface area contributed by atoms with Gasteiger partial charge in [-0.3, -0.25) is 9.59 Å². The Morgan fingerprint density at radius 3 is 2.78 bits per heavy atom. The zero-order valence-electron chi connectivity index (χ0n) is 12.7. The average Bonchev–Trinajstić information content (AvgIpc) is 2.99. The number of halogens is 1. The van der Waals surface area contributed by atoms with Crippen molar-refractivity contribution in [3.8, 4) is 5.69 Å². The molecular weight excluding hydrogens is 299 g/mol. The number of nitrogens with zero attached hydrogens (tertiary/aromatic N) is 3. The Hall–Kier alpha value is -2.70. The molecule has 1 aromatic carbocycles. The summed E-state index contributed by atoms with van der Waals surface area (Å²) in [7, 11) is 1.64. The van der Waals surface area contributed by atoms with Crippen LogP contribution in [0.15, 0.2) is 36.5 Å². The molecule has 0 spiro atoms. The zero-order chi connectivity index (χ0) is 16.4. The second kappa shape index (κ2) is 6.20. The summed E-state index contributed by atoms with van der Waals surface area (Å²) < 4.78 is 14.5. The Balaban J connectivity index is 1.78. The van der Waals surface area contributed by atoms with Gasteiger partial charge in [-0.2, -0.15) is 5.10 Å². The number of aromatic nitrogens is 2. The summed E-state index contributed by atoms with van der Waals surface area (Å²) in [5.74, 6) is -0.130. The molecule has 2 amide bonds. The molecule has 2 aromatic rings. The topological polar surface area (TPSA) is 67.2 Å². The number of carbonyl (C=O) groups excluding carboxylic acids is 2. The van der Waals surface area contributed by atoms with Crippen LogP contribution in [0.3, 0.4) is 0 Å². The maximum Gasteiger partial charge on any atom is 0.248 e. The molecule has 1 saturated heterocycles. The molecule has 0 radical (unpaired) electrons. The van der Waals surface area contributed by atoms with Crippen molar-refractivity contribution >= 4 is 17.6 Å². The second-order valence-corrected chi connectivity index (χ2v) is 5.51. The minimum atomic E-state index is -0.479. The molecule has 1 fully saturated rings. The van der Waals surface area contributed by atoms with Gasteiger partial charge in [0.15, 0.2) is 0 Å². The summed E-state index contributed by atoms with van der Waals surface area (Å²) in [4.78, 5) is 25.7. The minimum absolute atomic E-state index is 0.0246. The number of benzene rings is 1. The second-order valence-electron chi connectivity index (χ2n) is 5.51. The molecule has 0 aliphatic carbocycles. The van der Waals surface area contributed by atoms with E-state index in [4.69, 9.17) is 0 Å². The van der Waals surface area contributed by atoms with Gasteiger partial charge in [0.1, 0.15) is 17.7 Å². The van der Waals surface area contributed by atoms with Crippen LogP contribution in [0.25, 0.3) is 5.69 Å². The summed E-state index contributed by atoms with van der Waals surface area (Å²) >= 11 is 0. The molecule has 0 bridgehead atoms. The summed E-state index contributed by atoms with van der Waals surface area (Å²) in [6.45, 7) is 0. The molecule has 23 heavy (non-hydrogen) atoms. The maximum absolute atomic E-state index is 13.0. The van der Waals surface area contributed by atoms with E-state index in [1.54, 1.807) is 31.4 Å². The molecule has 1 aliphatic rings. The van der Waals surface area contributed by atoms with Gasteiger partial charge >= 0.3 is 0 Å². The van der Waals surface area contributed by atoms with Crippen molar-refractivity contribution in [2.45, 2.75) is 25.3 Å². The number of amides is 2. The predicted octanol–water partition coefficient (Wildman–Crippen LogP) is 1.96. The first-order valence-corrected chi connectivity index (χ1v) is 7.43. The summed E-state index contributed by atoms with van der Waals surface area (Å²) in [5, 5.41) is 6.95. The van der Waals surface area contributed by atoms with E-state index >= 15 is 0 Å². The highest BCUT2D eigenvalue weighted by molar-refractivity contribution is 5.97.